The predicted octanol–water partition coefficient (Wildman–Crippen LogP) is 3.17. The third kappa shape index (κ3) is 2.91. The number of aromatic nitrogens is 2. The third-order valence-electron chi connectivity index (χ3n) is 3.59. The molecule has 1 aliphatic rings. The van der Waals surface area contributed by atoms with Crippen LogP contribution in [0.15, 0.2) is 33.7 Å². The number of fused-ring (bicyclic) bond motifs is 1. The van der Waals surface area contributed by atoms with Gasteiger partial charge in [0.05, 0.1) is 12.0 Å². The minimum atomic E-state index is -0.509. The lowest BCUT2D eigenvalue weighted by atomic mass is 10.0. The molecule has 1 aromatic carbocycles. The lowest BCUT2D eigenvalue weighted by molar-refractivity contribution is 0.141. The maximum Gasteiger partial charge on any atom is 0.232 e. The van der Waals surface area contributed by atoms with Crippen molar-refractivity contribution in [3.05, 3.63) is 36.0 Å². The summed E-state index contributed by atoms with van der Waals surface area (Å²) in [7, 11) is 0. The van der Waals surface area contributed by atoms with Gasteiger partial charge < -0.3 is 14.4 Å². The zero-order valence-corrected chi connectivity index (χ0v) is 12.8. The predicted molar refractivity (Wildman–Crippen MR) is 79.5 cm³/mol. The van der Waals surface area contributed by atoms with Gasteiger partial charge in [-0.15, -0.1) is 11.8 Å². The van der Waals surface area contributed by atoms with Crippen LogP contribution in [0.2, 0.25) is 0 Å². The Morgan fingerprint density at radius 2 is 2.24 bits per heavy atom. The van der Waals surface area contributed by atoms with Gasteiger partial charge in [0.25, 0.3) is 0 Å². The van der Waals surface area contributed by atoms with E-state index in [-0.39, 0.29) is 12.0 Å². The Labute approximate surface area is 127 Å². The average Bonchev–Trinajstić information content (AvgIpc) is 2.96. The zero-order chi connectivity index (χ0) is 14.8. The summed E-state index contributed by atoms with van der Waals surface area (Å²) in [5.41, 5.74) is 0. The van der Waals surface area contributed by atoms with Crippen LogP contribution in [0.1, 0.15) is 44.0 Å². The van der Waals surface area contributed by atoms with Gasteiger partial charge in [-0.2, -0.15) is 4.98 Å². The topological polar surface area (TPSA) is 68.4 Å². The van der Waals surface area contributed by atoms with Crippen molar-refractivity contribution in [2.45, 2.75) is 43.3 Å². The van der Waals surface area contributed by atoms with Crippen molar-refractivity contribution < 1.29 is 14.4 Å². The van der Waals surface area contributed by atoms with Crippen LogP contribution < -0.4 is 4.74 Å². The monoisotopic (exact) mass is 306 g/mol. The molecular weight excluding hydrogens is 288 g/mol. The van der Waals surface area contributed by atoms with Gasteiger partial charge in [0.2, 0.25) is 11.7 Å². The molecule has 6 heteroatoms. The first-order valence-electron chi connectivity index (χ1n) is 7.09. The molecule has 0 saturated carbocycles. The highest BCUT2D eigenvalue weighted by atomic mass is 32.2. The largest absolute Gasteiger partial charge is 0.480 e. The van der Waals surface area contributed by atoms with Crippen molar-refractivity contribution in [2.75, 3.05) is 5.75 Å². The van der Waals surface area contributed by atoms with Crippen molar-refractivity contribution in [3.8, 4) is 5.75 Å². The van der Waals surface area contributed by atoms with Gasteiger partial charge in [-0.1, -0.05) is 24.2 Å². The lowest BCUT2D eigenvalue weighted by Crippen LogP contribution is -2.17. The zero-order valence-electron chi connectivity index (χ0n) is 12.0. The summed E-state index contributed by atoms with van der Waals surface area (Å²) in [4.78, 5) is 5.56. The molecular formula is C15H18N2O3S. The van der Waals surface area contributed by atoms with Crippen LogP contribution in [0, 0.1) is 0 Å². The average molecular weight is 306 g/mol. The molecule has 0 bridgehead atoms. The normalized spacial score (nSPS) is 20.4. The Kier molecular flexibility index (Phi) is 4.17. The Morgan fingerprint density at radius 1 is 1.43 bits per heavy atom. The van der Waals surface area contributed by atoms with E-state index in [9.17, 15) is 5.11 Å². The molecule has 21 heavy (non-hydrogen) atoms. The fourth-order valence-electron chi connectivity index (χ4n) is 2.40. The SMILES string of the molecule is CCC(c1nc(C2CSc3ccccc3O2)no1)C(C)O. The lowest BCUT2D eigenvalue weighted by Gasteiger charge is -2.23. The fourth-order valence-corrected chi connectivity index (χ4v) is 3.38. The maximum atomic E-state index is 9.75. The number of ether oxygens (including phenoxy) is 1. The van der Waals surface area contributed by atoms with E-state index in [0.717, 1.165) is 22.8 Å². The first-order valence-corrected chi connectivity index (χ1v) is 8.07. The van der Waals surface area contributed by atoms with Crippen LogP contribution in [0.5, 0.6) is 5.75 Å². The van der Waals surface area contributed by atoms with Gasteiger partial charge in [0.1, 0.15) is 5.75 Å². The molecule has 112 valence electrons. The second-order valence-electron chi connectivity index (χ2n) is 5.11. The van der Waals surface area contributed by atoms with Crippen LogP contribution in [0.25, 0.3) is 0 Å². The number of thioether (sulfide) groups is 1. The van der Waals surface area contributed by atoms with Gasteiger partial charge in [0.15, 0.2) is 6.10 Å². The van der Waals surface area contributed by atoms with Gasteiger partial charge >= 0.3 is 0 Å². The number of nitrogens with zero attached hydrogens (tertiary/aromatic N) is 2. The number of benzene rings is 1. The van der Waals surface area contributed by atoms with Crippen molar-refractivity contribution in [2.24, 2.45) is 0 Å². The van der Waals surface area contributed by atoms with Gasteiger partial charge in [0, 0.05) is 10.6 Å². The number of hydrogen-bond acceptors (Lipinski definition) is 6. The minimum absolute atomic E-state index is 0.130. The van der Waals surface area contributed by atoms with E-state index < -0.39 is 6.10 Å². The second kappa shape index (κ2) is 6.07. The number of aliphatic hydroxyl groups is 1. The molecule has 0 saturated heterocycles. The van der Waals surface area contributed by atoms with Crippen LogP contribution in [0.3, 0.4) is 0 Å². The molecule has 3 unspecified atom stereocenters. The Morgan fingerprint density at radius 3 is 3.00 bits per heavy atom. The molecule has 2 heterocycles. The molecule has 0 amide bonds. The highest BCUT2D eigenvalue weighted by Gasteiger charge is 2.28. The van der Waals surface area contributed by atoms with E-state index >= 15 is 0 Å². The van der Waals surface area contributed by atoms with E-state index in [2.05, 4.69) is 10.1 Å². The molecule has 2 aromatic rings. The number of rotatable bonds is 4. The molecule has 5 nitrogen and oxygen atoms in total. The number of para-hydroxylation sites is 1. The summed E-state index contributed by atoms with van der Waals surface area (Å²) in [6, 6.07) is 7.93. The molecule has 1 N–H and O–H groups in total. The Hall–Kier alpha value is -1.53. The molecule has 1 aliphatic heterocycles. The minimum Gasteiger partial charge on any atom is -0.480 e. The quantitative estimate of drug-likeness (QED) is 0.935. The summed E-state index contributed by atoms with van der Waals surface area (Å²) < 4.78 is 11.2. The van der Waals surface area contributed by atoms with E-state index in [0.29, 0.717) is 11.7 Å². The summed E-state index contributed by atoms with van der Waals surface area (Å²) >= 11 is 1.73. The summed E-state index contributed by atoms with van der Waals surface area (Å²) in [5.74, 6) is 2.50. The first kappa shape index (κ1) is 14.4. The van der Waals surface area contributed by atoms with Crippen LogP contribution in [0.4, 0.5) is 0 Å². The Bertz CT molecular complexity index is 614. The maximum absolute atomic E-state index is 9.75. The summed E-state index contributed by atoms with van der Waals surface area (Å²) in [5, 5.41) is 13.8. The highest BCUT2D eigenvalue weighted by Crippen LogP contribution is 2.39. The van der Waals surface area contributed by atoms with E-state index in [4.69, 9.17) is 9.26 Å². The van der Waals surface area contributed by atoms with Crippen molar-refractivity contribution in [1.29, 1.82) is 0 Å². The molecule has 0 aliphatic carbocycles. The molecule has 0 fully saturated rings. The van der Waals surface area contributed by atoms with Crippen LogP contribution >= 0.6 is 11.8 Å². The van der Waals surface area contributed by atoms with Gasteiger partial charge in [-0.05, 0) is 25.5 Å². The van der Waals surface area contributed by atoms with Crippen molar-refractivity contribution in [3.63, 3.8) is 0 Å². The van der Waals surface area contributed by atoms with E-state index in [1.54, 1.807) is 18.7 Å². The third-order valence-corrected chi connectivity index (χ3v) is 4.71. The molecule has 1 aromatic heterocycles. The standard InChI is InChI=1S/C15H18N2O3S/c1-3-10(9(2)18)15-16-14(17-20-15)12-8-21-13-7-5-4-6-11(13)19-12/h4-7,9-10,12,18H,3,8H2,1-2H3. The van der Waals surface area contributed by atoms with E-state index in [1.807, 2.05) is 31.2 Å². The van der Waals surface area contributed by atoms with Crippen molar-refractivity contribution in [1.82, 2.24) is 10.1 Å². The highest BCUT2D eigenvalue weighted by molar-refractivity contribution is 7.99. The molecule has 0 spiro atoms. The van der Waals surface area contributed by atoms with Gasteiger partial charge in [-0.25, -0.2) is 0 Å². The number of hydrogen-bond donors (Lipinski definition) is 1. The van der Waals surface area contributed by atoms with Crippen molar-refractivity contribution >= 4 is 11.8 Å². The molecule has 3 atom stereocenters. The second-order valence-corrected chi connectivity index (χ2v) is 6.17. The van der Waals surface area contributed by atoms with Gasteiger partial charge in [-0.3, -0.25) is 0 Å². The first-order chi connectivity index (χ1) is 10.2. The molecule has 0 radical (unpaired) electrons. The number of aliphatic hydroxyl groups excluding tert-OH is 1. The summed E-state index contributed by atoms with van der Waals surface area (Å²) in [6.07, 6.45) is 0.0298. The van der Waals surface area contributed by atoms with Crippen LogP contribution in [-0.4, -0.2) is 27.1 Å². The van der Waals surface area contributed by atoms with Crippen LogP contribution in [-0.2, 0) is 0 Å². The molecule has 3 rings (SSSR count). The smallest absolute Gasteiger partial charge is 0.232 e. The summed E-state index contributed by atoms with van der Waals surface area (Å²) in [6.45, 7) is 3.73. The van der Waals surface area contributed by atoms with E-state index in [1.165, 1.54) is 0 Å². The Balaban J connectivity index is 1.79. The fraction of sp³-hybridized carbons (Fsp3) is 0.467.